The third kappa shape index (κ3) is 9.61. The zero-order valence-electron chi connectivity index (χ0n) is 26.6. The Morgan fingerprint density at radius 1 is 0.745 bits per heavy atom. The van der Waals surface area contributed by atoms with Gasteiger partial charge in [0.1, 0.15) is 32.8 Å². The number of nitrogens with zero attached hydrogens (tertiary/aromatic N) is 4. The number of amides is 2. The number of pyridine rings is 2. The summed E-state index contributed by atoms with van der Waals surface area (Å²) < 4.78 is 20.1. The normalized spacial score (nSPS) is 15.3. The molecule has 0 bridgehead atoms. The van der Waals surface area contributed by atoms with Crippen molar-refractivity contribution in [3.8, 4) is 11.8 Å². The van der Waals surface area contributed by atoms with Crippen LogP contribution in [0.4, 0.5) is 21.6 Å². The molecule has 4 aromatic heterocycles. The molecule has 0 radical (unpaired) electrons. The second-order valence-electron chi connectivity index (χ2n) is 11.9. The van der Waals surface area contributed by atoms with Crippen LogP contribution in [0.15, 0.2) is 42.7 Å². The van der Waals surface area contributed by atoms with E-state index in [-0.39, 0.29) is 0 Å². The van der Waals surface area contributed by atoms with Gasteiger partial charge in [0, 0.05) is 12.4 Å². The fraction of sp³-hybridized carbons (Fsp3) is 0.455. The maximum absolute atomic E-state index is 11.9. The van der Waals surface area contributed by atoms with E-state index in [9.17, 15) is 9.59 Å². The fourth-order valence-corrected chi connectivity index (χ4v) is 7.22. The van der Waals surface area contributed by atoms with Crippen molar-refractivity contribution in [2.45, 2.75) is 71.1 Å². The molecule has 0 atom stereocenters. The molecule has 4 heterocycles. The van der Waals surface area contributed by atoms with Gasteiger partial charge in [0.2, 0.25) is 11.8 Å². The van der Waals surface area contributed by atoms with Crippen molar-refractivity contribution < 1.29 is 19.1 Å². The van der Waals surface area contributed by atoms with Crippen LogP contribution in [0.1, 0.15) is 90.5 Å². The Bertz CT molecular complexity index is 1600. The van der Waals surface area contributed by atoms with Gasteiger partial charge in [-0.05, 0) is 91.3 Å². The number of rotatable bonds is 12. The average molecular weight is 679 g/mol. The molecule has 2 amide bonds. The molecule has 6 N–H and O–H groups in total. The van der Waals surface area contributed by atoms with Crippen molar-refractivity contribution in [3.05, 3.63) is 59.4 Å². The van der Waals surface area contributed by atoms with E-state index in [0.29, 0.717) is 69.6 Å². The van der Waals surface area contributed by atoms with Gasteiger partial charge in [-0.25, -0.2) is 9.97 Å². The predicted octanol–water partition coefficient (Wildman–Crippen LogP) is 6.99. The lowest BCUT2D eigenvalue weighted by molar-refractivity contribution is 0.0986. The molecule has 2 aliphatic rings. The predicted molar refractivity (Wildman–Crippen MR) is 185 cm³/mol. The summed E-state index contributed by atoms with van der Waals surface area (Å²) in [5.74, 6) is 1.96. The second kappa shape index (κ2) is 17.0. The molecule has 2 saturated carbocycles. The molecule has 6 rings (SSSR count). The van der Waals surface area contributed by atoms with E-state index >= 15 is 0 Å². The number of hydrogen-bond donors (Lipinski definition) is 4. The van der Waals surface area contributed by atoms with Gasteiger partial charge in [0.15, 0.2) is 0 Å². The largest absolute Gasteiger partial charge is 0.476 e. The number of aryl methyl sites for hydroxylation is 1. The number of nitrogens with one attached hydrogen (secondary N) is 2. The lowest BCUT2D eigenvalue weighted by Crippen LogP contribution is -2.18. The molecule has 12 nitrogen and oxygen atoms in total. The number of primary amides is 2. The van der Waals surface area contributed by atoms with Crippen molar-refractivity contribution in [1.29, 1.82) is 0 Å². The van der Waals surface area contributed by atoms with Crippen LogP contribution in [0.3, 0.4) is 0 Å². The highest BCUT2D eigenvalue weighted by atomic mass is 32.1. The van der Waals surface area contributed by atoms with Crippen molar-refractivity contribution in [2.24, 2.45) is 23.3 Å². The number of aromatic nitrogens is 4. The Hall–Kier alpha value is -4.30. The topological polar surface area (TPSA) is 180 Å². The van der Waals surface area contributed by atoms with E-state index in [1.807, 2.05) is 37.3 Å². The Labute approximate surface area is 283 Å². The summed E-state index contributed by atoms with van der Waals surface area (Å²) in [7, 11) is 0. The SMILES string of the molecule is Cc1cccnc1Nc1snc(OCC2CCCCC2)c1C(N)=O.NC(=O)c1c(OCC2CCCCC2)nsc1Nc1ccccn1. The van der Waals surface area contributed by atoms with Crippen LogP contribution in [0.25, 0.3) is 0 Å². The number of carbonyl (C=O) groups excluding carboxylic acids is 2. The van der Waals surface area contributed by atoms with Crippen LogP contribution in [0.5, 0.6) is 11.8 Å². The van der Waals surface area contributed by atoms with Crippen molar-refractivity contribution >= 4 is 56.5 Å². The smallest absolute Gasteiger partial charge is 0.257 e. The monoisotopic (exact) mass is 678 g/mol. The molecule has 0 aliphatic heterocycles. The van der Waals surface area contributed by atoms with Crippen molar-refractivity contribution in [3.63, 3.8) is 0 Å². The van der Waals surface area contributed by atoms with Crippen LogP contribution in [-0.4, -0.2) is 43.7 Å². The minimum absolute atomic E-state index is 0.302. The first kappa shape index (κ1) is 34.0. The Balaban J connectivity index is 0.000000185. The lowest BCUT2D eigenvalue weighted by atomic mass is 9.90. The standard InChI is InChI=1S/C17H22N4O2S.C16H20N4O2S/c1-11-6-5-9-19-15(11)20-17-13(14(18)22)16(21-24-17)23-10-12-7-3-2-4-8-12;17-14(21)13-15(22-10-11-6-2-1-3-7-11)20-23-16(13)19-12-8-4-5-9-18-12/h5-6,9,12H,2-4,7-8,10H2,1H3,(H2,18,22)(H,19,20);4-5,8-9,11H,1-3,6-7,10H2,(H2,17,21)(H,18,19). The third-order valence-electron chi connectivity index (χ3n) is 8.32. The van der Waals surface area contributed by atoms with E-state index in [1.165, 1.54) is 75.7 Å². The first-order valence-corrected chi connectivity index (χ1v) is 17.6. The summed E-state index contributed by atoms with van der Waals surface area (Å²) in [5, 5.41) is 7.36. The Morgan fingerprint density at radius 2 is 1.28 bits per heavy atom. The molecule has 2 fully saturated rings. The van der Waals surface area contributed by atoms with Gasteiger partial charge in [-0.2, -0.15) is 8.75 Å². The van der Waals surface area contributed by atoms with Gasteiger partial charge in [-0.15, -0.1) is 0 Å². The summed E-state index contributed by atoms with van der Waals surface area (Å²) in [5.41, 5.74) is 12.6. The van der Waals surface area contributed by atoms with E-state index in [2.05, 4.69) is 29.3 Å². The third-order valence-corrected chi connectivity index (χ3v) is 9.81. The van der Waals surface area contributed by atoms with Crippen LogP contribution in [-0.2, 0) is 0 Å². The summed E-state index contributed by atoms with van der Waals surface area (Å²) in [6.45, 7) is 3.12. The van der Waals surface area contributed by atoms with E-state index in [4.69, 9.17) is 20.9 Å². The van der Waals surface area contributed by atoms with Crippen molar-refractivity contribution in [2.75, 3.05) is 23.8 Å². The van der Waals surface area contributed by atoms with Gasteiger partial charge in [-0.3, -0.25) is 9.59 Å². The Morgan fingerprint density at radius 3 is 1.77 bits per heavy atom. The lowest BCUT2D eigenvalue weighted by Gasteiger charge is -2.21. The van der Waals surface area contributed by atoms with Crippen molar-refractivity contribution in [1.82, 2.24) is 18.7 Å². The van der Waals surface area contributed by atoms with Crippen LogP contribution < -0.4 is 31.6 Å². The van der Waals surface area contributed by atoms with Gasteiger partial charge in [0.25, 0.3) is 11.8 Å². The van der Waals surface area contributed by atoms with Crippen LogP contribution in [0, 0.1) is 18.8 Å². The highest BCUT2D eigenvalue weighted by Crippen LogP contribution is 2.35. The molecule has 0 aromatic carbocycles. The number of anilines is 4. The maximum atomic E-state index is 11.9. The van der Waals surface area contributed by atoms with Crippen LogP contribution in [0.2, 0.25) is 0 Å². The first-order valence-electron chi connectivity index (χ1n) is 16.1. The summed E-state index contributed by atoms with van der Waals surface area (Å²) >= 11 is 2.33. The van der Waals surface area contributed by atoms with Gasteiger partial charge in [-0.1, -0.05) is 50.7 Å². The molecule has 250 valence electrons. The van der Waals surface area contributed by atoms with Gasteiger partial charge < -0.3 is 31.6 Å². The molecule has 47 heavy (non-hydrogen) atoms. The first-order chi connectivity index (χ1) is 22.9. The highest BCUT2D eigenvalue weighted by molar-refractivity contribution is 7.11. The molecule has 4 aromatic rings. The number of ether oxygens (including phenoxy) is 2. The summed E-state index contributed by atoms with van der Waals surface area (Å²) in [4.78, 5) is 32.1. The maximum Gasteiger partial charge on any atom is 0.257 e. The molecular weight excluding hydrogens is 637 g/mol. The zero-order valence-corrected chi connectivity index (χ0v) is 28.2. The minimum Gasteiger partial charge on any atom is -0.476 e. The van der Waals surface area contributed by atoms with E-state index in [0.717, 1.165) is 17.1 Å². The molecular formula is C33H42N8O4S2. The summed E-state index contributed by atoms with van der Waals surface area (Å²) in [6.07, 6.45) is 15.7. The average Bonchev–Trinajstić information content (AvgIpc) is 3.69. The van der Waals surface area contributed by atoms with Gasteiger partial charge >= 0.3 is 0 Å². The molecule has 14 heteroatoms. The summed E-state index contributed by atoms with van der Waals surface area (Å²) in [6, 6.07) is 9.31. The van der Waals surface area contributed by atoms with E-state index in [1.54, 1.807) is 12.4 Å². The molecule has 0 saturated heterocycles. The minimum atomic E-state index is -0.546. The fourth-order valence-electron chi connectivity index (χ4n) is 5.73. The van der Waals surface area contributed by atoms with Crippen LogP contribution >= 0.6 is 23.1 Å². The quantitative estimate of drug-likeness (QED) is 0.122. The number of carbonyl (C=O) groups is 2. The molecule has 2 aliphatic carbocycles. The molecule has 0 unspecified atom stereocenters. The second-order valence-corrected chi connectivity index (χ2v) is 13.4. The Kier molecular flexibility index (Phi) is 12.3. The van der Waals surface area contributed by atoms with Gasteiger partial charge in [0.05, 0.1) is 13.2 Å². The molecule has 0 spiro atoms. The number of nitrogens with two attached hydrogens (primary N) is 2. The zero-order chi connectivity index (χ0) is 33.0. The highest BCUT2D eigenvalue weighted by Gasteiger charge is 2.24. The van der Waals surface area contributed by atoms with E-state index < -0.39 is 11.8 Å². The number of hydrogen-bond acceptors (Lipinski definition) is 12.